The number of rotatable bonds is 2. The van der Waals surface area contributed by atoms with E-state index in [1.54, 1.807) is 17.1 Å². The third-order valence-corrected chi connectivity index (χ3v) is 2.28. The Labute approximate surface area is 88.3 Å². The van der Waals surface area contributed by atoms with Gasteiger partial charge in [0, 0.05) is 13.2 Å². The lowest BCUT2D eigenvalue weighted by Crippen LogP contribution is -2.30. The standard InChI is InChI=1S/C10H15N5/c1-10(2,11)9-12-6-7(14-9)8-4-5-13-15(8)3/h4-6H,11H2,1-3H3,(H,12,14). The van der Waals surface area contributed by atoms with Crippen LogP contribution < -0.4 is 5.73 Å². The zero-order valence-electron chi connectivity index (χ0n) is 9.15. The smallest absolute Gasteiger partial charge is 0.126 e. The van der Waals surface area contributed by atoms with Crippen molar-refractivity contribution >= 4 is 0 Å². The number of H-pyrrole nitrogens is 1. The molecule has 0 aliphatic carbocycles. The van der Waals surface area contributed by atoms with Crippen LogP contribution in [0.15, 0.2) is 18.5 Å². The lowest BCUT2D eigenvalue weighted by Gasteiger charge is -2.14. The Morgan fingerprint density at radius 1 is 1.47 bits per heavy atom. The number of nitrogens with one attached hydrogen (secondary N) is 1. The molecule has 0 amide bonds. The van der Waals surface area contributed by atoms with E-state index in [4.69, 9.17) is 5.73 Å². The van der Waals surface area contributed by atoms with Gasteiger partial charge in [-0.15, -0.1) is 0 Å². The van der Waals surface area contributed by atoms with E-state index in [2.05, 4.69) is 15.1 Å². The van der Waals surface area contributed by atoms with E-state index in [0.717, 1.165) is 17.2 Å². The second-order valence-electron chi connectivity index (χ2n) is 4.21. The van der Waals surface area contributed by atoms with Gasteiger partial charge in [-0.05, 0) is 19.9 Å². The molecule has 0 bridgehead atoms. The van der Waals surface area contributed by atoms with Gasteiger partial charge in [-0.1, -0.05) is 0 Å². The van der Waals surface area contributed by atoms with Crippen molar-refractivity contribution in [2.45, 2.75) is 19.4 Å². The Balaban J connectivity index is 2.41. The highest BCUT2D eigenvalue weighted by Gasteiger charge is 2.18. The van der Waals surface area contributed by atoms with Crippen LogP contribution >= 0.6 is 0 Å². The first-order valence-corrected chi connectivity index (χ1v) is 4.81. The maximum absolute atomic E-state index is 5.95. The highest BCUT2D eigenvalue weighted by Crippen LogP contribution is 2.19. The first-order valence-electron chi connectivity index (χ1n) is 4.81. The summed E-state index contributed by atoms with van der Waals surface area (Å²) < 4.78 is 1.79. The van der Waals surface area contributed by atoms with E-state index in [0.29, 0.717) is 0 Å². The van der Waals surface area contributed by atoms with Crippen molar-refractivity contribution < 1.29 is 0 Å². The molecule has 2 heterocycles. The molecule has 2 aromatic heterocycles. The molecular formula is C10H15N5. The van der Waals surface area contributed by atoms with E-state index in [1.165, 1.54) is 0 Å². The van der Waals surface area contributed by atoms with E-state index >= 15 is 0 Å². The van der Waals surface area contributed by atoms with Crippen molar-refractivity contribution in [3.63, 3.8) is 0 Å². The molecule has 3 N–H and O–H groups in total. The second-order valence-corrected chi connectivity index (χ2v) is 4.21. The molecule has 2 rings (SSSR count). The zero-order chi connectivity index (χ0) is 11.1. The van der Waals surface area contributed by atoms with Crippen LogP contribution in [0.4, 0.5) is 0 Å². The molecule has 80 valence electrons. The lowest BCUT2D eigenvalue weighted by molar-refractivity contribution is 0.520. The lowest BCUT2D eigenvalue weighted by atomic mass is 10.1. The first kappa shape index (κ1) is 9.92. The molecule has 0 spiro atoms. The third kappa shape index (κ3) is 1.78. The molecule has 15 heavy (non-hydrogen) atoms. The maximum Gasteiger partial charge on any atom is 0.126 e. The molecule has 0 saturated heterocycles. The predicted octanol–water partition coefficient (Wildman–Crippen LogP) is 1.00. The highest BCUT2D eigenvalue weighted by atomic mass is 15.3. The van der Waals surface area contributed by atoms with Crippen molar-refractivity contribution in [2.24, 2.45) is 12.8 Å². The number of nitrogens with zero attached hydrogens (tertiary/aromatic N) is 3. The summed E-state index contributed by atoms with van der Waals surface area (Å²) in [6, 6.07) is 1.93. The monoisotopic (exact) mass is 205 g/mol. The van der Waals surface area contributed by atoms with Gasteiger partial charge in [-0.3, -0.25) is 4.68 Å². The molecule has 0 aliphatic heterocycles. The minimum atomic E-state index is -0.448. The van der Waals surface area contributed by atoms with Crippen LogP contribution in [0.5, 0.6) is 0 Å². The number of aryl methyl sites for hydroxylation is 1. The second kappa shape index (κ2) is 3.20. The van der Waals surface area contributed by atoms with Crippen LogP contribution in [0.1, 0.15) is 19.7 Å². The summed E-state index contributed by atoms with van der Waals surface area (Å²) in [6.07, 6.45) is 3.53. The molecule has 5 nitrogen and oxygen atoms in total. The molecule has 0 atom stereocenters. The Kier molecular flexibility index (Phi) is 2.12. The van der Waals surface area contributed by atoms with Gasteiger partial charge in [0.2, 0.25) is 0 Å². The molecule has 0 aromatic carbocycles. The SMILES string of the molecule is Cn1nccc1-c1cnc(C(C)(C)N)[nH]1. The number of imidazole rings is 1. The predicted molar refractivity (Wildman–Crippen MR) is 58.0 cm³/mol. The average molecular weight is 205 g/mol. The van der Waals surface area contributed by atoms with Crippen LogP contribution in [0.2, 0.25) is 0 Å². The number of aromatic nitrogens is 4. The largest absolute Gasteiger partial charge is 0.339 e. The highest BCUT2D eigenvalue weighted by molar-refractivity contribution is 5.53. The molecule has 0 fully saturated rings. The molecule has 0 radical (unpaired) electrons. The molecule has 0 aliphatic rings. The Bertz CT molecular complexity index is 460. The third-order valence-electron chi connectivity index (χ3n) is 2.28. The fourth-order valence-corrected chi connectivity index (χ4v) is 1.42. The van der Waals surface area contributed by atoms with Crippen molar-refractivity contribution in [1.29, 1.82) is 0 Å². The van der Waals surface area contributed by atoms with E-state index in [9.17, 15) is 0 Å². The minimum absolute atomic E-state index is 0.448. The van der Waals surface area contributed by atoms with E-state index < -0.39 is 5.54 Å². The summed E-state index contributed by atoms with van der Waals surface area (Å²) in [5.41, 5.74) is 7.43. The quantitative estimate of drug-likeness (QED) is 0.768. The van der Waals surface area contributed by atoms with Crippen LogP contribution in [-0.2, 0) is 12.6 Å². The molecule has 0 saturated carbocycles. The summed E-state index contributed by atoms with van der Waals surface area (Å²) in [4.78, 5) is 7.46. The van der Waals surface area contributed by atoms with Crippen molar-refractivity contribution in [2.75, 3.05) is 0 Å². The number of hydrogen-bond donors (Lipinski definition) is 2. The van der Waals surface area contributed by atoms with Gasteiger partial charge < -0.3 is 10.7 Å². The molecule has 2 aromatic rings. The van der Waals surface area contributed by atoms with Gasteiger partial charge in [-0.25, -0.2) is 4.98 Å². The molecule has 5 heteroatoms. The molecular weight excluding hydrogens is 190 g/mol. The van der Waals surface area contributed by atoms with Gasteiger partial charge in [0.1, 0.15) is 5.82 Å². The van der Waals surface area contributed by atoms with E-state index in [1.807, 2.05) is 27.0 Å². The number of nitrogens with two attached hydrogens (primary N) is 1. The Morgan fingerprint density at radius 3 is 2.67 bits per heavy atom. The van der Waals surface area contributed by atoms with Gasteiger partial charge in [0.15, 0.2) is 0 Å². The Hall–Kier alpha value is -1.62. The van der Waals surface area contributed by atoms with Gasteiger partial charge in [0.05, 0.1) is 23.1 Å². The Morgan fingerprint density at radius 2 is 2.20 bits per heavy atom. The summed E-state index contributed by atoms with van der Waals surface area (Å²) in [5.74, 6) is 0.777. The maximum atomic E-state index is 5.95. The fraction of sp³-hybridized carbons (Fsp3) is 0.400. The van der Waals surface area contributed by atoms with Gasteiger partial charge in [0.25, 0.3) is 0 Å². The van der Waals surface area contributed by atoms with Crippen LogP contribution in [0.3, 0.4) is 0 Å². The normalized spacial score (nSPS) is 12.0. The van der Waals surface area contributed by atoms with Crippen LogP contribution in [0.25, 0.3) is 11.4 Å². The van der Waals surface area contributed by atoms with E-state index in [-0.39, 0.29) is 0 Å². The average Bonchev–Trinajstić information content (AvgIpc) is 2.69. The van der Waals surface area contributed by atoms with Gasteiger partial charge in [-0.2, -0.15) is 5.10 Å². The van der Waals surface area contributed by atoms with Crippen molar-refractivity contribution in [1.82, 2.24) is 19.7 Å². The first-order chi connectivity index (χ1) is 6.98. The summed E-state index contributed by atoms with van der Waals surface area (Å²) in [7, 11) is 1.89. The number of aromatic amines is 1. The summed E-state index contributed by atoms with van der Waals surface area (Å²) in [5, 5.41) is 4.10. The summed E-state index contributed by atoms with van der Waals surface area (Å²) >= 11 is 0. The fourth-order valence-electron chi connectivity index (χ4n) is 1.42. The minimum Gasteiger partial charge on any atom is -0.339 e. The van der Waals surface area contributed by atoms with Crippen molar-refractivity contribution in [3.8, 4) is 11.4 Å². The summed E-state index contributed by atoms with van der Waals surface area (Å²) in [6.45, 7) is 3.83. The topological polar surface area (TPSA) is 72.5 Å². The number of hydrogen-bond acceptors (Lipinski definition) is 3. The zero-order valence-corrected chi connectivity index (χ0v) is 9.15. The van der Waals surface area contributed by atoms with Crippen LogP contribution in [0, 0.1) is 0 Å². The van der Waals surface area contributed by atoms with Crippen LogP contribution in [-0.4, -0.2) is 19.7 Å². The molecule has 0 unspecified atom stereocenters. The van der Waals surface area contributed by atoms with Crippen molar-refractivity contribution in [3.05, 3.63) is 24.3 Å². The van der Waals surface area contributed by atoms with Gasteiger partial charge >= 0.3 is 0 Å².